The second-order valence-electron chi connectivity index (χ2n) is 4.36. The number of nitrogens with two attached hydrogens (primary N) is 1. The van der Waals surface area contributed by atoms with Crippen molar-refractivity contribution in [2.24, 2.45) is 11.7 Å². The van der Waals surface area contributed by atoms with Gasteiger partial charge in [-0.15, -0.1) is 12.4 Å². The number of nitrogens with one attached hydrogen (secondary N) is 1. The predicted octanol–water partition coefficient (Wildman–Crippen LogP) is 0.282. The first-order chi connectivity index (χ1) is 8.24. The summed E-state index contributed by atoms with van der Waals surface area (Å²) in [4.78, 5) is 23.8. The standard InChI is InChI=1S/C10H16F3N3O2.ClH/c1-6(4-14)8(17)15-7-2-3-16(9(7)18)5-10(11,12)13;/h6-7H,2-5,14H2,1H3,(H,15,17);1H. The first-order valence-electron chi connectivity index (χ1n) is 5.60. The SMILES string of the molecule is CC(CN)C(=O)NC1CCN(CC(F)(F)F)C1=O.Cl. The number of hydrogen-bond donors (Lipinski definition) is 2. The Morgan fingerprint density at radius 3 is 2.63 bits per heavy atom. The summed E-state index contributed by atoms with van der Waals surface area (Å²) < 4.78 is 36.5. The molecule has 2 amide bonds. The summed E-state index contributed by atoms with van der Waals surface area (Å²) in [5.41, 5.74) is 5.29. The lowest BCUT2D eigenvalue weighted by molar-refractivity contribution is -0.158. The van der Waals surface area contributed by atoms with Crippen molar-refractivity contribution in [1.29, 1.82) is 0 Å². The molecule has 0 radical (unpaired) electrons. The summed E-state index contributed by atoms with van der Waals surface area (Å²) in [6, 6.07) is -0.867. The lowest BCUT2D eigenvalue weighted by Gasteiger charge is -2.19. The van der Waals surface area contributed by atoms with Crippen molar-refractivity contribution < 1.29 is 22.8 Å². The van der Waals surface area contributed by atoms with Crippen molar-refractivity contribution in [2.45, 2.75) is 25.6 Å². The Hall–Kier alpha value is -1.02. The third-order valence-electron chi connectivity index (χ3n) is 2.79. The maximum Gasteiger partial charge on any atom is 0.406 e. The highest BCUT2D eigenvalue weighted by molar-refractivity contribution is 5.89. The van der Waals surface area contributed by atoms with Crippen LogP contribution in [0.25, 0.3) is 0 Å². The molecular weight excluding hydrogens is 287 g/mol. The summed E-state index contributed by atoms with van der Waals surface area (Å²) >= 11 is 0. The molecule has 1 aliphatic rings. The Bertz CT molecular complexity index is 338. The van der Waals surface area contributed by atoms with Crippen LogP contribution in [0.2, 0.25) is 0 Å². The molecule has 0 spiro atoms. The largest absolute Gasteiger partial charge is 0.406 e. The van der Waals surface area contributed by atoms with Crippen molar-refractivity contribution in [2.75, 3.05) is 19.6 Å². The Kier molecular flexibility index (Phi) is 6.58. The van der Waals surface area contributed by atoms with Gasteiger partial charge in [-0.2, -0.15) is 13.2 Å². The maximum absolute atomic E-state index is 12.2. The molecule has 0 bridgehead atoms. The first-order valence-corrected chi connectivity index (χ1v) is 5.60. The molecule has 1 aliphatic heterocycles. The monoisotopic (exact) mass is 303 g/mol. The van der Waals surface area contributed by atoms with E-state index in [1.165, 1.54) is 0 Å². The van der Waals surface area contributed by atoms with Crippen LogP contribution >= 0.6 is 12.4 Å². The number of rotatable bonds is 4. The Balaban J connectivity index is 0.00000324. The molecule has 2 unspecified atom stereocenters. The number of carbonyl (C=O) groups excluding carboxylic acids is 2. The fourth-order valence-electron chi connectivity index (χ4n) is 1.67. The van der Waals surface area contributed by atoms with Crippen molar-refractivity contribution in [3.05, 3.63) is 0 Å². The zero-order valence-electron chi connectivity index (χ0n) is 10.4. The normalized spacial score (nSPS) is 21.0. The van der Waals surface area contributed by atoms with Gasteiger partial charge in [-0.1, -0.05) is 6.92 Å². The number of amides is 2. The van der Waals surface area contributed by atoms with Crippen molar-refractivity contribution in [1.82, 2.24) is 10.2 Å². The maximum atomic E-state index is 12.2. The van der Waals surface area contributed by atoms with Crippen LogP contribution < -0.4 is 11.1 Å². The van der Waals surface area contributed by atoms with Crippen LogP contribution in [0.3, 0.4) is 0 Å². The van der Waals surface area contributed by atoms with E-state index < -0.39 is 36.5 Å². The Morgan fingerprint density at radius 1 is 1.58 bits per heavy atom. The molecule has 112 valence electrons. The average molecular weight is 304 g/mol. The topological polar surface area (TPSA) is 75.4 Å². The van der Waals surface area contributed by atoms with Gasteiger partial charge in [0.1, 0.15) is 12.6 Å². The molecule has 1 fully saturated rings. The highest BCUT2D eigenvalue weighted by atomic mass is 35.5. The van der Waals surface area contributed by atoms with Gasteiger partial charge in [0.05, 0.1) is 0 Å². The van der Waals surface area contributed by atoms with Gasteiger partial charge >= 0.3 is 6.18 Å². The van der Waals surface area contributed by atoms with Crippen molar-refractivity contribution in [3.8, 4) is 0 Å². The first kappa shape index (κ1) is 18.0. The van der Waals surface area contributed by atoms with E-state index in [-0.39, 0.29) is 31.9 Å². The van der Waals surface area contributed by atoms with E-state index in [4.69, 9.17) is 5.73 Å². The van der Waals surface area contributed by atoms with Gasteiger partial charge in [-0.05, 0) is 6.42 Å². The van der Waals surface area contributed by atoms with E-state index in [1.54, 1.807) is 6.92 Å². The molecule has 3 N–H and O–H groups in total. The number of carbonyl (C=O) groups is 2. The number of nitrogens with zero attached hydrogens (tertiary/aromatic N) is 1. The van der Waals surface area contributed by atoms with Crippen LogP contribution in [0.4, 0.5) is 13.2 Å². The van der Waals surface area contributed by atoms with Crippen molar-refractivity contribution >= 4 is 24.2 Å². The van der Waals surface area contributed by atoms with Gasteiger partial charge in [-0.25, -0.2) is 0 Å². The van der Waals surface area contributed by atoms with Gasteiger partial charge in [0.2, 0.25) is 11.8 Å². The van der Waals surface area contributed by atoms with Crippen LogP contribution in [-0.2, 0) is 9.59 Å². The zero-order valence-corrected chi connectivity index (χ0v) is 11.2. The summed E-state index contributed by atoms with van der Waals surface area (Å²) in [7, 11) is 0. The molecule has 1 heterocycles. The third-order valence-corrected chi connectivity index (χ3v) is 2.79. The average Bonchev–Trinajstić information content (AvgIpc) is 2.58. The third kappa shape index (κ3) is 5.23. The predicted molar refractivity (Wildman–Crippen MR) is 64.6 cm³/mol. The summed E-state index contributed by atoms with van der Waals surface area (Å²) in [5, 5.41) is 2.42. The molecule has 5 nitrogen and oxygen atoms in total. The summed E-state index contributed by atoms with van der Waals surface area (Å²) in [6.45, 7) is 0.437. The van der Waals surface area contributed by atoms with Crippen LogP contribution in [0.5, 0.6) is 0 Å². The fourth-order valence-corrected chi connectivity index (χ4v) is 1.67. The molecule has 1 saturated heterocycles. The molecule has 1 rings (SSSR count). The minimum absolute atomic E-state index is 0. The van der Waals surface area contributed by atoms with Crippen molar-refractivity contribution in [3.63, 3.8) is 0 Å². The highest BCUT2D eigenvalue weighted by Gasteiger charge is 2.39. The zero-order chi connectivity index (χ0) is 13.9. The van der Waals surface area contributed by atoms with Crippen LogP contribution in [0.1, 0.15) is 13.3 Å². The molecule has 19 heavy (non-hydrogen) atoms. The van der Waals surface area contributed by atoms with Crippen LogP contribution in [-0.4, -0.2) is 48.6 Å². The smallest absolute Gasteiger partial charge is 0.344 e. The van der Waals surface area contributed by atoms with E-state index in [2.05, 4.69) is 5.32 Å². The lowest BCUT2D eigenvalue weighted by atomic mass is 10.1. The second-order valence-corrected chi connectivity index (χ2v) is 4.36. The number of alkyl halides is 3. The lowest BCUT2D eigenvalue weighted by Crippen LogP contribution is -2.46. The number of halogens is 4. The van der Waals surface area contributed by atoms with E-state index in [0.29, 0.717) is 4.90 Å². The van der Waals surface area contributed by atoms with Gasteiger partial charge in [0, 0.05) is 19.0 Å². The fraction of sp³-hybridized carbons (Fsp3) is 0.800. The highest BCUT2D eigenvalue weighted by Crippen LogP contribution is 2.20. The van der Waals surface area contributed by atoms with E-state index in [0.717, 1.165) is 0 Å². The van der Waals surface area contributed by atoms with Gasteiger partial charge < -0.3 is 16.0 Å². The van der Waals surface area contributed by atoms with E-state index in [9.17, 15) is 22.8 Å². The quantitative estimate of drug-likeness (QED) is 0.783. The van der Waals surface area contributed by atoms with Gasteiger partial charge in [-0.3, -0.25) is 9.59 Å². The second kappa shape index (κ2) is 6.95. The van der Waals surface area contributed by atoms with Crippen LogP contribution in [0.15, 0.2) is 0 Å². The van der Waals surface area contributed by atoms with E-state index >= 15 is 0 Å². The molecule has 0 saturated carbocycles. The summed E-state index contributed by atoms with van der Waals surface area (Å²) in [6.07, 6.45) is -4.23. The molecule has 0 aromatic carbocycles. The minimum Gasteiger partial charge on any atom is -0.344 e. The van der Waals surface area contributed by atoms with E-state index in [1.807, 2.05) is 0 Å². The molecular formula is C10H17ClF3N3O2. The number of hydrogen-bond acceptors (Lipinski definition) is 3. The van der Waals surface area contributed by atoms with Gasteiger partial charge in [0.15, 0.2) is 0 Å². The molecule has 2 atom stereocenters. The molecule has 9 heteroatoms. The number of likely N-dealkylation sites (tertiary alicyclic amines) is 1. The van der Waals surface area contributed by atoms with Gasteiger partial charge in [0.25, 0.3) is 0 Å². The molecule has 0 aromatic heterocycles. The van der Waals surface area contributed by atoms with Crippen LogP contribution in [0, 0.1) is 5.92 Å². The molecule has 0 aliphatic carbocycles. The Morgan fingerprint density at radius 2 is 2.16 bits per heavy atom. The summed E-state index contributed by atoms with van der Waals surface area (Å²) in [5.74, 6) is -1.57. The minimum atomic E-state index is -4.42. The Labute approximate surface area is 115 Å². The molecule has 0 aromatic rings.